The van der Waals surface area contributed by atoms with Gasteiger partial charge in [0.05, 0.1) is 10.6 Å². The molecule has 1 heterocycles. The van der Waals surface area contributed by atoms with Crippen LogP contribution in [0.1, 0.15) is 30.1 Å². The van der Waals surface area contributed by atoms with Gasteiger partial charge in [-0.05, 0) is 72.1 Å². The van der Waals surface area contributed by atoms with E-state index in [1.165, 1.54) is 0 Å². The molecule has 0 radical (unpaired) electrons. The summed E-state index contributed by atoms with van der Waals surface area (Å²) < 4.78 is 1.03. The zero-order chi connectivity index (χ0) is 13.9. The molecule has 1 saturated heterocycles. The van der Waals surface area contributed by atoms with Crippen molar-refractivity contribution in [2.75, 3.05) is 19.6 Å². The van der Waals surface area contributed by atoms with Gasteiger partial charge < -0.3 is 10.6 Å². The molecule has 1 fully saturated rings. The summed E-state index contributed by atoms with van der Waals surface area (Å²) in [7, 11) is 0. The maximum absolute atomic E-state index is 12.1. The highest BCUT2D eigenvalue weighted by molar-refractivity contribution is 14.1. The molecule has 1 aromatic carbocycles. The number of rotatable bonds is 3. The predicted molar refractivity (Wildman–Crippen MR) is 94.0 cm³/mol. The van der Waals surface area contributed by atoms with Gasteiger partial charge in [0.2, 0.25) is 0 Å². The summed E-state index contributed by atoms with van der Waals surface area (Å²) in [6.45, 7) is 4.98. The van der Waals surface area contributed by atoms with Crippen LogP contribution in [-0.2, 0) is 0 Å². The van der Waals surface area contributed by atoms with E-state index in [4.69, 9.17) is 11.6 Å². The van der Waals surface area contributed by atoms with Crippen molar-refractivity contribution in [3.63, 3.8) is 0 Å². The van der Waals surface area contributed by atoms with E-state index < -0.39 is 0 Å². The van der Waals surface area contributed by atoms with Gasteiger partial charge in [-0.15, -0.1) is 12.4 Å². The fourth-order valence-corrected chi connectivity index (χ4v) is 3.21. The van der Waals surface area contributed by atoms with E-state index in [-0.39, 0.29) is 23.7 Å². The topological polar surface area (TPSA) is 41.1 Å². The maximum atomic E-state index is 12.1. The lowest BCUT2D eigenvalue weighted by molar-refractivity contribution is 0.0922. The first-order chi connectivity index (χ1) is 9.00. The second-order valence-corrected chi connectivity index (χ2v) is 7.02. The van der Waals surface area contributed by atoms with Crippen molar-refractivity contribution >= 4 is 52.5 Å². The third kappa shape index (κ3) is 4.76. The molecular formula is C14H19Cl2IN2O. The van der Waals surface area contributed by atoms with Crippen molar-refractivity contribution in [1.29, 1.82) is 0 Å². The Balaban J connectivity index is 0.00000200. The molecule has 1 amide bonds. The van der Waals surface area contributed by atoms with Gasteiger partial charge >= 0.3 is 0 Å². The van der Waals surface area contributed by atoms with Crippen LogP contribution in [0.15, 0.2) is 18.2 Å². The van der Waals surface area contributed by atoms with Gasteiger partial charge in [0, 0.05) is 10.1 Å². The Morgan fingerprint density at radius 2 is 2.10 bits per heavy atom. The molecule has 0 aromatic heterocycles. The summed E-state index contributed by atoms with van der Waals surface area (Å²) in [4.78, 5) is 12.1. The molecule has 0 bridgehead atoms. The van der Waals surface area contributed by atoms with E-state index in [0.29, 0.717) is 17.1 Å². The van der Waals surface area contributed by atoms with Crippen LogP contribution in [-0.4, -0.2) is 25.5 Å². The Morgan fingerprint density at radius 1 is 1.45 bits per heavy atom. The molecule has 0 aliphatic carbocycles. The Hall–Kier alpha value is -0.0400. The van der Waals surface area contributed by atoms with Gasteiger partial charge in [-0.3, -0.25) is 4.79 Å². The van der Waals surface area contributed by atoms with Gasteiger partial charge in [-0.1, -0.05) is 18.5 Å². The van der Waals surface area contributed by atoms with Crippen LogP contribution in [0.2, 0.25) is 5.02 Å². The molecular weight excluding hydrogens is 410 g/mol. The molecule has 0 spiro atoms. The lowest BCUT2D eigenvalue weighted by atomic mass is 9.81. The molecule has 2 rings (SSSR count). The van der Waals surface area contributed by atoms with E-state index in [0.717, 1.165) is 29.5 Å². The summed E-state index contributed by atoms with van der Waals surface area (Å²) >= 11 is 8.29. The average Bonchev–Trinajstić information content (AvgIpc) is 2.37. The molecule has 3 nitrogen and oxygen atoms in total. The van der Waals surface area contributed by atoms with Crippen LogP contribution >= 0.6 is 46.6 Å². The van der Waals surface area contributed by atoms with E-state index >= 15 is 0 Å². The molecule has 112 valence electrons. The highest BCUT2D eigenvalue weighted by atomic mass is 127. The van der Waals surface area contributed by atoms with E-state index in [1.54, 1.807) is 6.07 Å². The number of halogens is 3. The summed E-state index contributed by atoms with van der Waals surface area (Å²) in [6.07, 6.45) is 2.18. The largest absolute Gasteiger partial charge is 0.351 e. The minimum atomic E-state index is -0.0823. The van der Waals surface area contributed by atoms with Crippen LogP contribution in [0, 0.1) is 8.99 Å². The molecule has 6 heteroatoms. The number of carbonyl (C=O) groups is 1. The summed E-state index contributed by atoms with van der Waals surface area (Å²) in [5, 5.41) is 6.87. The number of hydrogen-bond acceptors (Lipinski definition) is 2. The number of nitrogens with one attached hydrogen (secondary N) is 2. The van der Waals surface area contributed by atoms with Crippen molar-refractivity contribution < 1.29 is 4.79 Å². The normalized spacial score (nSPS) is 17.1. The van der Waals surface area contributed by atoms with Crippen molar-refractivity contribution in [3.05, 3.63) is 32.4 Å². The Labute approximate surface area is 144 Å². The highest BCUT2D eigenvalue weighted by Crippen LogP contribution is 2.27. The van der Waals surface area contributed by atoms with Gasteiger partial charge in [-0.2, -0.15) is 0 Å². The van der Waals surface area contributed by atoms with Crippen molar-refractivity contribution in [2.24, 2.45) is 5.41 Å². The summed E-state index contributed by atoms with van der Waals surface area (Å²) in [5.74, 6) is -0.0823. The van der Waals surface area contributed by atoms with E-state index in [1.807, 2.05) is 12.1 Å². The summed E-state index contributed by atoms with van der Waals surface area (Å²) in [5.41, 5.74) is 0.746. The van der Waals surface area contributed by atoms with Crippen LogP contribution in [0.25, 0.3) is 0 Å². The zero-order valence-corrected chi connectivity index (χ0v) is 15.1. The molecule has 2 N–H and O–H groups in total. The lowest BCUT2D eigenvalue weighted by Crippen LogP contribution is -2.42. The van der Waals surface area contributed by atoms with Crippen molar-refractivity contribution in [3.8, 4) is 0 Å². The SMILES string of the molecule is CC1(CNC(=O)c2ccc(I)cc2Cl)CCNCC1.Cl. The monoisotopic (exact) mass is 428 g/mol. The second kappa shape index (κ2) is 7.82. The minimum absolute atomic E-state index is 0. The summed E-state index contributed by atoms with van der Waals surface area (Å²) in [6, 6.07) is 5.49. The molecule has 0 atom stereocenters. The number of carbonyl (C=O) groups excluding carboxylic acids is 1. The third-order valence-corrected chi connectivity index (χ3v) is 4.65. The van der Waals surface area contributed by atoms with Gasteiger partial charge in [0.1, 0.15) is 0 Å². The first kappa shape index (κ1) is 18.0. The third-order valence-electron chi connectivity index (χ3n) is 3.66. The first-order valence-corrected chi connectivity index (χ1v) is 7.90. The fourth-order valence-electron chi connectivity index (χ4n) is 2.27. The number of benzene rings is 1. The molecule has 1 aliphatic rings. The van der Waals surface area contributed by atoms with Gasteiger partial charge in [-0.25, -0.2) is 0 Å². The number of piperidine rings is 1. The molecule has 1 aromatic rings. The Morgan fingerprint density at radius 3 is 2.70 bits per heavy atom. The van der Waals surface area contributed by atoms with E-state index in [9.17, 15) is 4.79 Å². The first-order valence-electron chi connectivity index (χ1n) is 6.44. The molecule has 0 unspecified atom stereocenters. The van der Waals surface area contributed by atoms with Crippen molar-refractivity contribution in [1.82, 2.24) is 10.6 Å². The van der Waals surface area contributed by atoms with Crippen molar-refractivity contribution in [2.45, 2.75) is 19.8 Å². The van der Waals surface area contributed by atoms with Crippen LogP contribution in [0.4, 0.5) is 0 Å². The number of amides is 1. The predicted octanol–water partition coefficient (Wildman–Crippen LogP) is 3.49. The minimum Gasteiger partial charge on any atom is -0.351 e. The fraction of sp³-hybridized carbons (Fsp3) is 0.500. The van der Waals surface area contributed by atoms with Gasteiger partial charge in [0.25, 0.3) is 5.91 Å². The van der Waals surface area contributed by atoms with Gasteiger partial charge in [0.15, 0.2) is 0 Å². The standard InChI is InChI=1S/C14H18ClIN2O.ClH/c1-14(4-6-17-7-5-14)9-18-13(19)11-3-2-10(16)8-12(11)15;/h2-3,8,17H,4-7,9H2,1H3,(H,18,19);1H. The lowest BCUT2D eigenvalue weighted by Gasteiger charge is -2.34. The molecule has 0 saturated carbocycles. The Bertz CT molecular complexity index is 476. The zero-order valence-electron chi connectivity index (χ0n) is 11.3. The molecule has 1 aliphatic heterocycles. The smallest absolute Gasteiger partial charge is 0.252 e. The number of hydrogen-bond donors (Lipinski definition) is 2. The second-order valence-electron chi connectivity index (χ2n) is 5.37. The van der Waals surface area contributed by atoms with Crippen LogP contribution in [0.5, 0.6) is 0 Å². The van der Waals surface area contributed by atoms with Crippen LogP contribution in [0.3, 0.4) is 0 Å². The highest BCUT2D eigenvalue weighted by Gasteiger charge is 2.27. The maximum Gasteiger partial charge on any atom is 0.252 e. The van der Waals surface area contributed by atoms with E-state index in [2.05, 4.69) is 40.1 Å². The van der Waals surface area contributed by atoms with Crippen LogP contribution < -0.4 is 10.6 Å². The molecule has 20 heavy (non-hydrogen) atoms. The quantitative estimate of drug-likeness (QED) is 0.723. The average molecular weight is 429 g/mol. The Kier molecular flexibility index (Phi) is 7.04.